The standard InChI is InChI=1S/C13H26N2O2.V/c1-11(2)15-5-3-14(4-6-15)7-8-17-13-9-12(16)10-13;/h11-13,16H,3-10H2,1-2H3;. The Labute approximate surface area is 123 Å². The Morgan fingerprint density at radius 3 is 2.28 bits per heavy atom. The van der Waals surface area contributed by atoms with Crippen LogP contribution in [0.5, 0.6) is 0 Å². The summed E-state index contributed by atoms with van der Waals surface area (Å²) in [5.74, 6) is 0. The second-order valence-electron chi connectivity index (χ2n) is 5.59. The topological polar surface area (TPSA) is 35.9 Å². The third kappa shape index (κ3) is 4.84. The summed E-state index contributed by atoms with van der Waals surface area (Å²) in [6, 6.07) is 0.671. The zero-order valence-corrected chi connectivity index (χ0v) is 13.0. The van der Waals surface area contributed by atoms with Crippen molar-refractivity contribution in [1.29, 1.82) is 0 Å². The summed E-state index contributed by atoms with van der Waals surface area (Å²) in [5.41, 5.74) is 0. The van der Waals surface area contributed by atoms with Gasteiger partial charge in [-0.25, -0.2) is 0 Å². The maximum absolute atomic E-state index is 9.15. The molecule has 2 aliphatic rings. The van der Waals surface area contributed by atoms with Gasteiger partial charge in [-0.15, -0.1) is 0 Å². The van der Waals surface area contributed by atoms with Gasteiger partial charge in [-0.3, -0.25) is 9.80 Å². The number of ether oxygens (including phenoxy) is 1. The third-order valence-corrected chi connectivity index (χ3v) is 3.97. The van der Waals surface area contributed by atoms with Gasteiger partial charge >= 0.3 is 0 Å². The van der Waals surface area contributed by atoms with Crippen molar-refractivity contribution in [3.05, 3.63) is 0 Å². The van der Waals surface area contributed by atoms with Crippen LogP contribution in [0.2, 0.25) is 0 Å². The maximum atomic E-state index is 9.15. The molecule has 4 nitrogen and oxygen atoms in total. The first kappa shape index (κ1) is 16.5. The van der Waals surface area contributed by atoms with Crippen molar-refractivity contribution in [2.24, 2.45) is 0 Å². The molecule has 0 spiro atoms. The minimum atomic E-state index is -0.102. The van der Waals surface area contributed by atoms with E-state index in [1.54, 1.807) is 0 Å². The van der Waals surface area contributed by atoms with Gasteiger partial charge in [0.15, 0.2) is 0 Å². The molecule has 1 aliphatic heterocycles. The monoisotopic (exact) mass is 293 g/mol. The molecular weight excluding hydrogens is 267 g/mol. The molecule has 2 fully saturated rings. The molecule has 0 aromatic rings. The van der Waals surface area contributed by atoms with Gasteiger partial charge in [0.2, 0.25) is 0 Å². The van der Waals surface area contributed by atoms with Crippen LogP contribution in [-0.4, -0.2) is 72.5 Å². The molecule has 1 saturated heterocycles. The van der Waals surface area contributed by atoms with E-state index in [0.29, 0.717) is 12.1 Å². The Hall–Kier alpha value is 0.424. The molecule has 105 valence electrons. The van der Waals surface area contributed by atoms with Crippen LogP contribution in [0.25, 0.3) is 0 Å². The Balaban J connectivity index is 0.00000162. The Morgan fingerprint density at radius 1 is 1.17 bits per heavy atom. The maximum Gasteiger partial charge on any atom is 0.0625 e. The fourth-order valence-electron chi connectivity index (χ4n) is 2.53. The molecule has 0 amide bonds. The molecule has 1 heterocycles. The number of hydrogen-bond acceptors (Lipinski definition) is 4. The molecule has 1 radical (unpaired) electrons. The third-order valence-electron chi connectivity index (χ3n) is 3.97. The van der Waals surface area contributed by atoms with E-state index in [1.165, 1.54) is 13.1 Å². The summed E-state index contributed by atoms with van der Waals surface area (Å²) < 4.78 is 5.71. The van der Waals surface area contributed by atoms with E-state index in [1.807, 2.05) is 0 Å². The van der Waals surface area contributed by atoms with Crippen molar-refractivity contribution < 1.29 is 28.4 Å². The minimum absolute atomic E-state index is 0. The Morgan fingerprint density at radius 2 is 1.78 bits per heavy atom. The molecule has 1 N–H and O–H groups in total. The van der Waals surface area contributed by atoms with Crippen molar-refractivity contribution in [2.45, 2.75) is 44.9 Å². The fraction of sp³-hybridized carbons (Fsp3) is 1.00. The van der Waals surface area contributed by atoms with Gasteiger partial charge in [-0.1, -0.05) is 0 Å². The largest absolute Gasteiger partial charge is 0.393 e. The van der Waals surface area contributed by atoms with Gasteiger partial charge in [-0.05, 0) is 26.7 Å². The smallest absolute Gasteiger partial charge is 0.0625 e. The van der Waals surface area contributed by atoms with Crippen molar-refractivity contribution in [3.8, 4) is 0 Å². The number of aliphatic hydroxyl groups is 1. The van der Waals surface area contributed by atoms with Crippen LogP contribution in [0.4, 0.5) is 0 Å². The molecule has 1 aliphatic carbocycles. The number of aliphatic hydroxyl groups excluding tert-OH is 1. The summed E-state index contributed by atoms with van der Waals surface area (Å²) in [6.07, 6.45) is 1.89. The Bertz CT molecular complexity index is 227. The first-order valence-corrected chi connectivity index (χ1v) is 6.91. The van der Waals surface area contributed by atoms with Crippen molar-refractivity contribution in [2.75, 3.05) is 39.3 Å². The molecular formula is C13H26N2O2V. The average Bonchev–Trinajstić information content (AvgIpc) is 2.27. The molecule has 0 aromatic heterocycles. The normalized spacial score (nSPS) is 30.0. The fourth-order valence-corrected chi connectivity index (χ4v) is 2.53. The molecule has 2 rings (SSSR count). The van der Waals surface area contributed by atoms with E-state index in [9.17, 15) is 0 Å². The predicted octanol–water partition coefficient (Wildman–Crippen LogP) is 0.550. The van der Waals surface area contributed by atoms with Crippen LogP contribution in [0.15, 0.2) is 0 Å². The number of rotatable bonds is 5. The van der Waals surface area contributed by atoms with Gasteiger partial charge < -0.3 is 9.84 Å². The summed E-state index contributed by atoms with van der Waals surface area (Å²) in [4.78, 5) is 5.01. The van der Waals surface area contributed by atoms with Gasteiger partial charge in [-0.2, -0.15) is 0 Å². The van der Waals surface area contributed by atoms with E-state index < -0.39 is 0 Å². The number of nitrogens with zero attached hydrogens (tertiary/aromatic N) is 2. The molecule has 5 heteroatoms. The summed E-state index contributed by atoms with van der Waals surface area (Å²) in [7, 11) is 0. The number of hydrogen-bond donors (Lipinski definition) is 1. The van der Waals surface area contributed by atoms with Gasteiger partial charge in [0.1, 0.15) is 0 Å². The zero-order chi connectivity index (χ0) is 12.3. The molecule has 0 bridgehead atoms. The van der Waals surface area contributed by atoms with Crippen LogP contribution in [0, 0.1) is 0 Å². The summed E-state index contributed by atoms with van der Waals surface area (Å²) in [6.45, 7) is 11.1. The first-order valence-electron chi connectivity index (χ1n) is 6.91. The van der Waals surface area contributed by atoms with Crippen molar-refractivity contribution >= 4 is 0 Å². The second-order valence-corrected chi connectivity index (χ2v) is 5.59. The molecule has 0 unspecified atom stereocenters. The van der Waals surface area contributed by atoms with Crippen molar-refractivity contribution in [1.82, 2.24) is 9.80 Å². The molecule has 18 heavy (non-hydrogen) atoms. The number of piperazine rings is 1. The minimum Gasteiger partial charge on any atom is -0.393 e. The van der Waals surface area contributed by atoms with Gasteiger partial charge in [0.05, 0.1) is 18.8 Å². The molecule has 0 aromatic carbocycles. The van der Waals surface area contributed by atoms with Gasteiger partial charge in [0, 0.05) is 57.3 Å². The SMILES string of the molecule is CC(C)N1CCN(CCOC2CC(O)C2)CC1.[V]. The van der Waals surface area contributed by atoms with Gasteiger partial charge in [0.25, 0.3) is 0 Å². The quantitative estimate of drug-likeness (QED) is 0.803. The van der Waals surface area contributed by atoms with E-state index in [2.05, 4.69) is 23.6 Å². The van der Waals surface area contributed by atoms with Crippen LogP contribution in [0.3, 0.4) is 0 Å². The second kappa shape index (κ2) is 7.88. The first-order chi connectivity index (χ1) is 8.15. The zero-order valence-electron chi connectivity index (χ0n) is 11.6. The van der Waals surface area contributed by atoms with Crippen LogP contribution >= 0.6 is 0 Å². The van der Waals surface area contributed by atoms with E-state index in [0.717, 1.165) is 39.1 Å². The predicted molar refractivity (Wildman–Crippen MR) is 68.1 cm³/mol. The van der Waals surface area contributed by atoms with Crippen molar-refractivity contribution in [3.63, 3.8) is 0 Å². The Kier molecular flexibility index (Phi) is 7.21. The van der Waals surface area contributed by atoms with E-state index in [4.69, 9.17) is 9.84 Å². The molecule has 0 atom stereocenters. The van der Waals surface area contributed by atoms with Crippen LogP contribution in [0.1, 0.15) is 26.7 Å². The summed E-state index contributed by atoms with van der Waals surface area (Å²) >= 11 is 0. The van der Waals surface area contributed by atoms with Crippen LogP contribution in [-0.2, 0) is 23.3 Å². The average molecular weight is 293 g/mol. The van der Waals surface area contributed by atoms with Crippen LogP contribution < -0.4 is 0 Å². The molecule has 1 saturated carbocycles. The summed E-state index contributed by atoms with van der Waals surface area (Å²) in [5, 5.41) is 9.15. The van der Waals surface area contributed by atoms with E-state index >= 15 is 0 Å². The van der Waals surface area contributed by atoms with E-state index in [-0.39, 0.29) is 24.7 Å².